The molecule has 3 rings (SSSR count). The van der Waals surface area contributed by atoms with Crippen molar-refractivity contribution in [3.63, 3.8) is 0 Å². The smallest absolute Gasteiger partial charge is 0.267 e. The summed E-state index contributed by atoms with van der Waals surface area (Å²) in [5, 5.41) is 1.10. The van der Waals surface area contributed by atoms with Gasteiger partial charge in [-0.05, 0) is 30.4 Å². The van der Waals surface area contributed by atoms with E-state index in [4.69, 9.17) is 12.2 Å². The molecule has 1 aliphatic rings. The van der Waals surface area contributed by atoms with E-state index in [-0.39, 0.29) is 11.8 Å². The first-order valence-corrected chi connectivity index (χ1v) is 7.98. The number of aromatic amines is 1. The fourth-order valence-corrected chi connectivity index (χ4v) is 3.13. The Morgan fingerprint density at radius 3 is 2.61 bits per heavy atom. The summed E-state index contributed by atoms with van der Waals surface area (Å²) in [5.41, 5.74) is 3.78. The van der Waals surface area contributed by atoms with Gasteiger partial charge in [0, 0.05) is 23.8 Å². The van der Waals surface area contributed by atoms with Gasteiger partial charge in [-0.2, -0.15) is 5.01 Å². The average molecular weight is 342 g/mol. The summed E-state index contributed by atoms with van der Waals surface area (Å²) < 4.78 is 0.293. The molecule has 5 nitrogen and oxygen atoms in total. The van der Waals surface area contributed by atoms with Gasteiger partial charge in [0.2, 0.25) is 5.69 Å². The van der Waals surface area contributed by atoms with Crippen molar-refractivity contribution >= 4 is 46.2 Å². The number of aromatic nitrogens is 1. The zero-order chi connectivity index (χ0) is 16.2. The van der Waals surface area contributed by atoms with Gasteiger partial charge >= 0.3 is 0 Å². The lowest BCUT2D eigenvalue weighted by molar-refractivity contribution is -0.380. The van der Waals surface area contributed by atoms with Gasteiger partial charge in [0.05, 0.1) is 4.91 Å². The van der Waals surface area contributed by atoms with Crippen LogP contribution in [0, 0.1) is 0 Å². The van der Waals surface area contributed by atoms with E-state index in [9.17, 15) is 9.59 Å². The normalized spacial score (nSPS) is 16.0. The monoisotopic (exact) mass is 342 g/mol. The van der Waals surface area contributed by atoms with E-state index in [2.05, 4.69) is 10.4 Å². The molecular weight excluding hydrogens is 330 g/mol. The molecule has 2 aromatic rings. The number of rotatable bonds is 3. The summed E-state index contributed by atoms with van der Waals surface area (Å²) in [5.74, 6) is -0.726. The fraction of sp³-hybridized carbons (Fsp3) is 0. The maximum atomic E-state index is 12.4. The van der Waals surface area contributed by atoms with E-state index in [1.165, 1.54) is 0 Å². The highest BCUT2D eigenvalue weighted by atomic mass is 32.2. The van der Waals surface area contributed by atoms with Crippen LogP contribution in [0.3, 0.4) is 0 Å². The zero-order valence-electron chi connectivity index (χ0n) is 11.9. The minimum absolute atomic E-state index is 0.293. The minimum Gasteiger partial charge on any atom is -0.267 e. The van der Waals surface area contributed by atoms with Crippen molar-refractivity contribution in [3.05, 3.63) is 70.9 Å². The molecule has 1 fully saturated rings. The molecule has 0 radical (unpaired) electrons. The van der Waals surface area contributed by atoms with Gasteiger partial charge < -0.3 is 0 Å². The van der Waals surface area contributed by atoms with E-state index in [0.29, 0.717) is 14.8 Å². The number of nitrogens with zero attached hydrogens (tertiary/aromatic N) is 1. The van der Waals surface area contributed by atoms with Crippen LogP contribution in [-0.4, -0.2) is 21.1 Å². The largest absolute Gasteiger partial charge is 0.285 e. The topological polar surface area (TPSA) is 63.6 Å². The SMILES string of the molecule is O=C(NN1C(=O)C(=Cc2cccc[nH+]2)SC1=S)c1ccccc1. The number of carbonyl (C=O) groups excluding carboxylic acids is 2. The van der Waals surface area contributed by atoms with Gasteiger partial charge in [0.25, 0.3) is 11.8 Å². The van der Waals surface area contributed by atoms with Crippen LogP contribution in [0.4, 0.5) is 0 Å². The standard InChI is InChI=1S/C16H11N3O2S2/c20-14(11-6-2-1-3-7-11)18-19-15(21)13(23-16(19)22)10-12-8-4-5-9-17-12/h1-10H,(H,18,20)/p+1. The number of hydrazine groups is 1. The number of benzene rings is 1. The summed E-state index contributed by atoms with van der Waals surface area (Å²) in [6.45, 7) is 0. The van der Waals surface area contributed by atoms with Crippen molar-refractivity contribution in [2.75, 3.05) is 0 Å². The summed E-state index contributed by atoms with van der Waals surface area (Å²) in [6, 6.07) is 14.2. The third kappa shape index (κ3) is 3.46. The van der Waals surface area contributed by atoms with Gasteiger partial charge in [-0.15, -0.1) is 0 Å². The number of nitrogens with one attached hydrogen (secondary N) is 2. The molecule has 2 N–H and O–H groups in total. The van der Waals surface area contributed by atoms with Gasteiger partial charge in [0.15, 0.2) is 10.5 Å². The van der Waals surface area contributed by atoms with Crippen LogP contribution < -0.4 is 10.4 Å². The number of hydrogen-bond acceptors (Lipinski definition) is 4. The summed E-state index contributed by atoms with van der Waals surface area (Å²) in [4.78, 5) is 28.0. The number of thioether (sulfide) groups is 1. The van der Waals surface area contributed by atoms with Crippen molar-refractivity contribution in [1.29, 1.82) is 0 Å². The van der Waals surface area contributed by atoms with Crippen molar-refractivity contribution in [2.45, 2.75) is 0 Å². The molecule has 1 aromatic heterocycles. The maximum absolute atomic E-state index is 12.4. The van der Waals surface area contributed by atoms with Crippen molar-refractivity contribution < 1.29 is 14.6 Å². The molecule has 114 valence electrons. The van der Waals surface area contributed by atoms with E-state index < -0.39 is 0 Å². The lowest BCUT2D eigenvalue weighted by atomic mass is 10.2. The third-order valence-corrected chi connectivity index (χ3v) is 4.36. The van der Waals surface area contributed by atoms with Gasteiger partial charge in [0.1, 0.15) is 0 Å². The molecule has 0 atom stereocenters. The Labute approximate surface area is 142 Å². The van der Waals surface area contributed by atoms with E-state index in [1.54, 1.807) is 36.5 Å². The Bertz CT molecular complexity index is 791. The number of amides is 2. The first kappa shape index (κ1) is 15.4. The van der Waals surface area contributed by atoms with Crippen molar-refractivity contribution in [1.82, 2.24) is 10.4 Å². The molecule has 2 heterocycles. The van der Waals surface area contributed by atoms with Crippen LogP contribution in [0.15, 0.2) is 59.6 Å². The average Bonchev–Trinajstić information content (AvgIpc) is 2.84. The Kier molecular flexibility index (Phi) is 4.50. The minimum atomic E-state index is -0.380. The highest BCUT2D eigenvalue weighted by Crippen LogP contribution is 2.30. The Balaban J connectivity index is 1.77. The molecule has 7 heteroatoms. The summed E-state index contributed by atoms with van der Waals surface area (Å²) in [6.07, 6.45) is 3.47. The number of thiocarbonyl (C=S) groups is 1. The first-order chi connectivity index (χ1) is 11.1. The third-order valence-electron chi connectivity index (χ3n) is 3.06. The van der Waals surface area contributed by atoms with Gasteiger partial charge in [-0.1, -0.05) is 30.0 Å². The summed E-state index contributed by atoms with van der Waals surface area (Å²) >= 11 is 6.33. The van der Waals surface area contributed by atoms with Crippen molar-refractivity contribution in [2.24, 2.45) is 0 Å². The molecule has 2 amide bonds. The van der Waals surface area contributed by atoms with Gasteiger partial charge in [-0.3, -0.25) is 15.0 Å². The molecular formula is C16H12N3O2S2+. The maximum Gasteiger partial charge on any atom is 0.285 e. The lowest BCUT2D eigenvalue weighted by Crippen LogP contribution is -2.44. The number of hydrogen-bond donors (Lipinski definition) is 1. The highest BCUT2D eigenvalue weighted by Gasteiger charge is 2.34. The lowest BCUT2D eigenvalue weighted by Gasteiger charge is -2.15. The van der Waals surface area contributed by atoms with E-state index in [0.717, 1.165) is 22.5 Å². The second-order valence-electron chi connectivity index (χ2n) is 4.64. The van der Waals surface area contributed by atoms with Gasteiger partial charge in [-0.25, -0.2) is 4.98 Å². The summed E-state index contributed by atoms with van der Waals surface area (Å²) in [7, 11) is 0. The molecule has 0 saturated carbocycles. The van der Waals surface area contributed by atoms with Crippen LogP contribution in [-0.2, 0) is 4.79 Å². The van der Waals surface area contributed by atoms with Crippen molar-refractivity contribution in [3.8, 4) is 0 Å². The molecule has 1 aromatic carbocycles. The number of carbonyl (C=O) groups is 2. The van der Waals surface area contributed by atoms with Crippen LogP contribution in [0.2, 0.25) is 0 Å². The van der Waals surface area contributed by atoms with Crippen LogP contribution in [0.5, 0.6) is 0 Å². The molecule has 1 aliphatic heterocycles. The molecule has 1 saturated heterocycles. The Morgan fingerprint density at radius 2 is 1.91 bits per heavy atom. The molecule has 0 bridgehead atoms. The molecule has 0 aliphatic carbocycles. The number of pyridine rings is 1. The second kappa shape index (κ2) is 6.72. The quantitative estimate of drug-likeness (QED) is 0.685. The second-order valence-corrected chi connectivity index (χ2v) is 6.32. The molecule has 0 spiro atoms. The predicted octanol–water partition coefficient (Wildman–Crippen LogP) is 2.05. The van der Waals surface area contributed by atoms with Crippen LogP contribution in [0.25, 0.3) is 6.08 Å². The predicted molar refractivity (Wildman–Crippen MR) is 91.9 cm³/mol. The first-order valence-electron chi connectivity index (χ1n) is 6.76. The Morgan fingerprint density at radius 1 is 1.17 bits per heavy atom. The fourth-order valence-electron chi connectivity index (χ4n) is 1.96. The van der Waals surface area contributed by atoms with E-state index in [1.807, 2.05) is 24.3 Å². The van der Waals surface area contributed by atoms with E-state index >= 15 is 0 Å². The Hall–Kier alpha value is -2.51. The van der Waals surface area contributed by atoms with Crippen LogP contribution in [0.1, 0.15) is 16.1 Å². The highest BCUT2D eigenvalue weighted by molar-refractivity contribution is 8.26. The zero-order valence-corrected chi connectivity index (χ0v) is 13.5. The molecule has 23 heavy (non-hydrogen) atoms. The molecule has 0 unspecified atom stereocenters. The number of H-pyrrole nitrogens is 1. The van der Waals surface area contributed by atoms with Crippen LogP contribution >= 0.6 is 24.0 Å².